The summed E-state index contributed by atoms with van der Waals surface area (Å²) in [6.45, 7) is 5.00. The minimum absolute atomic E-state index is 0.0191. The zero-order valence-corrected chi connectivity index (χ0v) is 58.1. The fourth-order valence-electron chi connectivity index (χ4n) is 12.8. The summed E-state index contributed by atoms with van der Waals surface area (Å²) in [6, 6.07) is -0.540. The van der Waals surface area contributed by atoms with Crippen LogP contribution in [0.3, 0.4) is 0 Å². The summed E-state index contributed by atoms with van der Waals surface area (Å²) in [5.41, 5.74) is 0. The van der Waals surface area contributed by atoms with Gasteiger partial charge in [-0.25, -0.2) is 0 Å². The molecule has 0 bridgehead atoms. The average Bonchev–Trinajstić information content (AvgIpc) is 3.55. The van der Waals surface area contributed by atoms with Gasteiger partial charge < -0.3 is 20.3 Å². The Labute approximate surface area is 533 Å². The predicted molar refractivity (Wildman–Crippen MR) is 375 cm³/mol. The number of esters is 1. The molecule has 0 radical (unpaired) electrons. The summed E-state index contributed by atoms with van der Waals surface area (Å²) in [5.74, 6) is -0.00699. The van der Waals surface area contributed by atoms with E-state index in [0.717, 1.165) is 38.5 Å². The molecular weight excluding hydrogens is 1040 g/mol. The first-order valence-corrected chi connectivity index (χ1v) is 39.4. The van der Waals surface area contributed by atoms with E-state index in [4.69, 9.17) is 4.74 Å². The van der Waals surface area contributed by atoms with Crippen molar-refractivity contribution in [2.24, 2.45) is 0 Å². The summed E-state index contributed by atoms with van der Waals surface area (Å²) in [6.07, 6.45) is 94.5. The monoisotopic (exact) mass is 1200 g/mol. The van der Waals surface area contributed by atoms with Gasteiger partial charge in [-0.3, -0.25) is 9.59 Å². The number of carbonyl (C=O) groups is 2. The third-order valence-electron chi connectivity index (χ3n) is 18.8. The molecule has 0 spiro atoms. The van der Waals surface area contributed by atoms with E-state index >= 15 is 0 Å². The fourth-order valence-corrected chi connectivity index (χ4v) is 12.8. The Morgan fingerprint density at radius 1 is 0.318 bits per heavy atom. The Balaban J connectivity index is 3.36. The van der Waals surface area contributed by atoms with E-state index in [9.17, 15) is 19.8 Å². The zero-order valence-electron chi connectivity index (χ0n) is 58.1. The standard InChI is InChI=1S/C79H155NO5/c1-3-5-7-9-11-13-15-16-17-18-19-20-21-30-33-36-39-42-45-48-52-55-59-63-67-71-77(82)76(75-81)80-78(83)72-68-64-60-56-53-49-46-43-40-37-34-31-28-26-24-22-23-25-27-29-32-35-38-41-44-47-50-54-58-62-66-70-74-85-79(84)73-69-65-61-57-51-14-12-10-8-6-4-2/h25,27,76-77,81-82H,3-24,26,28-75H2,1-2H3,(H,80,83)/b27-25-. The smallest absolute Gasteiger partial charge is 0.305 e. The van der Waals surface area contributed by atoms with Gasteiger partial charge in [0.25, 0.3) is 0 Å². The molecule has 0 aliphatic heterocycles. The van der Waals surface area contributed by atoms with E-state index in [-0.39, 0.29) is 18.5 Å². The largest absolute Gasteiger partial charge is 0.466 e. The Kier molecular flexibility index (Phi) is 73.8. The van der Waals surface area contributed by atoms with Crippen molar-refractivity contribution < 1.29 is 24.5 Å². The Morgan fingerprint density at radius 3 is 0.835 bits per heavy atom. The Bertz CT molecular complexity index is 1290. The van der Waals surface area contributed by atoms with Crippen LogP contribution in [0.5, 0.6) is 0 Å². The number of ether oxygens (including phenoxy) is 1. The SMILES string of the molecule is CCCCCCCCCCCCCCCCCCCCCCCCCCCC(O)C(CO)NC(=O)CCCCCCCCCCCCCCCCCC/C=C\CCCCCCCCCCCCCCOC(=O)CCCCCCCCCCCCC. The first-order chi connectivity index (χ1) is 42.0. The molecule has 3 N–H and O–H groups in total. The van der Waals surface area contributed by atoms with E-state index in [1.165, 1.54) is 385 Å². The highest BCUT2D eigenvalue weighted by Gasteiger charge is 2.20. The molecule has 2 unspecified atom stereocenters. The summed E-state index contributed by atoms with van der Waals surface area (Å²) in [4.78, 5) is 24.6. The van der Waals surface area contributed by atoms with Crippen LogP contribution in [0.2, 0.25) is 0 Å². The van der Waals surface area contributed by atoms with Crippen LogP contribution in [0.15, 0.2) is 12.2 Å². The number of aliphatic hydroxyl groups excluding tert-OH is 2. The molecule has 0 fully saturated rings. The van der Waals surface area contributed by atoms with Crippen LogP contribution < -0.4 is 5.32 Å². The second-order valence-electron chi connectivity index (χ2n) is 27.4. The molecule has 85 heavy (non-hydrogen) atoms. The van der Waals surface area contributed by atoms with Crippen molar-refractivity contribution in [2.45, 2.75) is 469 Å². The van der Waals surface area contributed by atoms with E-state index in [1.807, 2.05) is 0 Å². The van der Waals surface area contributed by atoms with Gasteiger partial charge in [0, 0.05) is 12.8 Å². The molecule has 1 amide bonds. The van der Waals surface area contributed by atoms with Crippen LogP contribution in [0, 0.1) is 0 Å². The van der Waals surface area contributed by atoms with Crippen molar-refractivity contribution in [3.8, 4) is 0 Å². The van der Waals surface area contributed by atoms with Crippen molar-refractivity contribution in [2.75, 3.05) is 13.2 Å². The molecule has 0 aromatic rings. The number of hydrogen-bond acceptors (Lipinski definition) is 5. The van der Waals surface area contributed by atoms with Crippen LogP contribution >= 0.6 is 0 Å². The van der Waals surface area contributed by atoms with E-state index in [1.54, 1.807) is 0 Å². The maximum absolute atomic E-state index is 12.6. The van der Waals surface area contributed by atoms with E-state index < -0.39 is 12.1 Å². The minimum Gasteiger partial charge on any atom is -0.466 e. The van der Waals surface area contributed by atoms with Gasteiger partial charge >= 0.3 is 5.97 Å². The molecule has 2 atom stereocenters. The molecule has 0 aromatic carbocycles. The number of allylic oxidation sites excluding steroid dienone is 2. The molecule has 0 aromatic heterocycles. The molecule has 0 heterocycles. The molecule has 506 valence electrons. The van der Waals surface area contributed by atoms with Gasteiger partial charge in [-0.15, -0.1) is 0 Å². The summed E-state index contributed by atoms with van der Waals surface area (Å²) in [7, 11) is 0. The highest BCUT2D eigenvalue weighted by Crippen LogP contribution is 2.20. The third kappa shape index (κ3) is 71.6. The molecule has 0 aliphatic rings. The van der Waals surface area contributed by atoms with Crippen LogP contribution in [0.4, 0.5) is 0 Å². The lowest BCUT2D eigenvalue weighted by Crippen LogP contribution is -2.45. The van der Waals surface area contributed by atoms with Crippen molar-refractivity contribution in [3.05, 3.63) is 12.2 Å². The summed E-state index contributed by atoms with van der Waals surface area (Å²) >= 11 is 0. The number of aliphatic hydroxyl groups is 2. The highest BCUT2D eigenvalue weighted by atomic mass is 16.5. The zero-order chi connectivity index (χ0) is 61.3. The summed E-state index contributed by atoms with van der Waals surface area (Å²) in [5, 5.41) is 23.5. The second kappa shape index (κ2) is 75.1. The number of carbonyl (C=O) groups excluding carboxylic acids is 2. The topological polar surface area (TPSA) is 95.9 Å². The first kappa shape index (κ1) is 83.6. The Hall–Kier alpha value is -1.40. The summed E-state index contributed by atoms with van der Waals surface area (Å²) < 4.78 is 5.48. The highest BCUT2D eigenvalue weighted by molar-refractivity contribution is 5.76. The van der Waals surface area contributed by atoms with E-state index in [0.29, 0.717) is 25.9 Å². The molecule has 0 saturated carbocycles. The van der Waals surface area contributed by atoms with Crippen LogP contribution in [-0.4, -0.2) is 47.4 Å². The first-order valence-electron chi connectivity index (χ1n) is 39.4. The third-order valence-corrected chi connectivity index (χ3v) is 18.8. The van der Waals surface area contributed by atoms with Gasteiger partial charge in [-0.1, -0.05) is 405 Å². The molecule has 0 rings (SSSR count). The molecule has 6 heteroatoms. The number of amides is 1. The molecule has 6 nitrogen and oxygen atoms in total. The second-order valence-corrected chi connectivity index (χ2v) is 27.4. The number of nitrogens with one attached hydrogen (secondary N) is 1. The van der Waals surface area contributed by atoms with Gasteiger partial charge in [0.05, 0.1) is 25.4 Å². The van der Waals surface area contributed by atoms with Crippen LogP contribution in [-0.2, 0) is 14.3 Å². The number of rotatable bonds is 75. The maximum atomic E-state index is 12.6. The molecular formula is C79H155NO5. The van der Waals surface area contributed by atoms with Crippen molar-refractivity contribution in [3.63, 3.8) is 0 Å². The Morgan fingerprint density at radius 2 is 0.553 bits per heavy atom. The van der Waals surface area contributed by atoms with Crippen LogP contribution in [0.1, 0.15) is 457 Å². The van der Waals surface area contributed by atoms with Gasteiger partial charge in [0.15, 0.2) is 0 Å². The van der Waals surface area contributed by atoms with Crippen molar-refractivity contribution >= 4 is 11.9 Å². The lowest BCUT2D eigenvalue weighted by molar-refractivity contribution is -0.143. The lowest BCUT2D eigenvalue weighted by Gasteiger charge is -2.22. The predicted octanol–water partition coefficient (Wildman–Crippen LogP) is 25.9. The van der Waals surface area contributed by atoms with E-state index in [2.05, 4.69) is 31.3 Å². The number of hydrogen-bond donors (Lipinski definition) is 3. The fraction of sp³-hybridized carbons (Fsp3) is 0.949. The van der Waals surface area contributed by atoms with Gasteiger partial charge in [-0.05, 0) is 51.4 Å². The minimum atomic E-state index is -0.663. The quantitative estimate of drug-likeness (QED) is 0.0320. The number of unbranched alkanes of at least 4 members (excludes halogenated alkanes) is 62. The van der Waals surface area contributed by atoms with Gasteiger partial charge in [-0.2, -0.15) is 0 Å². The van der Waals surface area contributed by atoms with Crippen LogP contribution in [0.25, 0.3) is 0 Å². The normalized spacial score (nSPS) is 12.5. The van der Waals surface area contributed by atoms with Crippen molar-refractivity contribution in [1.29, 1.82) is 0 Å². The van der Waals surface area contributed by atoms with Gasteiger partial charge in [0.2, 0.25) is 5.91 Å². The molecule has 0 aliphatic carbocycles. The van der Waals surface area contributed by atoms with Crippen molar-refractivity contribution in [1.82, 2.24) is 5.32 Å². The van der Waals surface area contributed by atoms with Gasteiger partial charge in [0.1, 0.15) is 0 Å². The average molecular weight is 1200 g/mol. The lowest BCUT2D eigenvalue weighted by atomic mass is 10.0. The molecule has 0 saturated heterocycles. The maximum Gasteiger partial charge on any atom is 0.305 e.